The Bertz CT molecular complexity index is 452. The van der Waals surface area contributed by atoms with Gasteiger partial charge in [-0.05, 0) is 24.6 Å². The third-order valence-electron chi connectivity index (χ3n) is 2.16. The molecule has 0 bridgehead atoms. The summed E-state index contributed by atoms with van der Waals surface area (Å²) < 4.78 is 0. The molecule has 0 aliphatic carbocycles. The second-order valence-electron chi connectivity index (χ2n) is 3.26. The molecule has 0 saturated heterocycles. The van der Waals surface area contributed by atoms with Gasteiger partial charge in [-0.1, -0.05) is 23.2 Å². The molecule has 0 aromatic heterocycles. The fourth-order valence-corrected chi connectivity index (χ4v) is 1.78. The van der Waals surface area contributed by atoms with Crippen LogP contribution in [0.15, 0.2) is 28.4 Å². The quantitative estimate of drug-likeness (QED) is 0.808. The molecule has 1 aliphatic heterocycles. The van der Waals surface area contributed by atoms with E-state index in [1.807, 2.05) is 0 Å². The highest BCUT2D eigenvalue weighted by molar-refractivity contribution is 6.36. The molecular formula is C10H9Cl2N3. The molecule has 1 heterocycles. The number of nitrogens with two attached hydrogens (primary N) is 1. The molecule has 5 heteroatoms. The van der Waals surface area contributed by atoms with Crippen molar-refractivity contribution < 1.29 is 0 Å². The van der Waals surface area contributed by atoms with Gasteiger partial charge in [0.05, 0.1) is 5.71 Å². The molecular weight excluding hydrogens is 233 g/mol. The Hall–Kier alpha value is -1.06. The average Bonchev–Trinajstić information content (AvgIpc) is 2.23. The van der Waals surface area contributed by atoms with Crippen LogP contribution in [-0.2, 0) is 0 Å². The predicted molar refractivity (Wildman–Crippen MR) is 63.9 cm³/mol. The topological polar surface area (TPSA) is 50.7 Å². The van der Waals surface area contributed by atoms with Gasteiger partial charge in [0.15, 0.2) is 0 Å². The summed E-state index contributed by atoms with van der Waals surface area (Å²) in [7, 11) is 0. The van der Waals surface area contributed by atoms with Gasteiger partial charge < -0.3 is 5.73 Å². The van der Waals surface area contributed by atoms with Gasteiger partial charge >= 0.3 is 0 Å². The minimum absolute atomic E-state index is 0.553. The van der Waals surface area contributed by atoms with Crippen molar-refractivity contribution in [2.45, 2.75) is 12.8 Å². The summed E-state index contributed by atoms with van der Waals surface area (Å²) in [6.07, 6.45) is 1.46. The first-order valence-corrected chi connectivity index (χ1v) is 5.26. The Balaban J connectivity index is 2.42. The van der Waals surface area contributed by atoms with E-state index in [1.165, 1.54) is 0 Å². The van der Waals surface area contributed by atoms with Gasteiger partial charge in [0.25, 0.3) is 0 Å². The normalized spacial score (nSPS) is 15.9. The van der Waals surface area contributed by atoms with Crippen LogP contribution in [0.4, 0.5) is 0 Å². The fourth-order valence-electron chi connectivity index (χ4n) is 1.38. The first-order valence-electron chi connectivity index (χ1n) is 4.51. The highest BCUT2D eigenvalue weighted by Crippen LogP contribution is 2.23. The van der Waals surface area contributed by atoms with Gasteiger partial charge in [-0.2, -0.15) is 5.10 Å². The minimum Gasteiger partial charge on any atom is -0.386 e. The van der Waals surface area contributed by atoms with Gasteiger partial charge in [0, 0.05) is 22.0 Å². The van der Waals surface area contributed by atoms with E-state index in [0.29, 0.717) is 22.3 Å². The molecule has 0 fully saturated rings. The van der Waals surface area contributed by atoms with Crippen molar-refractivity contribution >= 4 is 34.7 Å². The summed E-state index contributed by atoms with van der Waals surface area (Å²) in [6.45, 7) is 0. The highest BCUT2D eigenvalue weighted by atomic mass is 35.5. The van der Waals surface area contributed by atoms with Crippen molar-refractivity contribution in [3.05, 3.63) is 33.8 Å². The van der Waals surface area contributed by atoms with Gasteiger partial charge in [0.2, 0.25) is 0 Å². The molecule has 0 amide bonds. The van der Waals surface area contributed by atoms with Crippen molar-refractivity contribution in [3.8, 4) is 0 Å². The molecule has 1 aromatic carbocycles. The van der Waals surface area contributed by atoms with Gasteiger partial charge in [-0.3, -0.25) is 0 Å². The van der Waals surface area contributed by atoms with Crippen LogP contribution in [0.1, 0.15) is 18.4 Å². The summed E-state index contributed by atoms with van der Waals surface area (Å²) in [4.78, 5) is 0. The van der Waals surface area contributed by atoms with E-state index in [2.05, 4.69) is 10.2 Å². The average molecular weight is 242 g/mol. The van der Waals surface area contributed by atoms with Crippen LogP contribution in [0.3, 0.4) is 0 Å². The lowest BCUT2D eigenvalue weighted by atomic mass is 10.0. The SMILES string of the molecule is NC1=NN=C(c2cc(Cl)ccc2Cl)CC1. The van der Waals surface area contributed by atoms with Gasteiger partial charge in [-0.25, -0.2) is 0 Å². The fraction of sp³-hybridized carbons (Fsp3) is 0.200. The van der Waals surface area contributed by atoms with Crippen LogP contribution in [-0.4, -0.2) is 11.5 Å². The third kappa shape index (κ3) is 2.30. The van der Waals surface area contributed by atoms with Gasteiger partial charge in [0.1, 0.15) is 5.84 Å². The van der Waals surface area contributed by atoms with E-state index in [0.717, 1.165) is 17.7 Å². The van der Waals surface area contributed by atoms with E-state index in [4.69, 9.17) is 28.9 Å². The van der Waals surface area contributed by atoms with Crippen molar-refractivity contribution in [1.82, 2.24) is 0 Å². The Morgan fingerprint density at radius 1 is 1.13 bits per heavy atom. The molecule has 0 atom stereocenters. The molecule has 0 radical (unpaired) electrons. The molecule has 3 nitrogen and oxygen atoms in total. The van der Waals surface area contributed by atoms with Gasteiger partial charge in [-0.15, -0.1) is 5.10 Å². The molecule has 1 aromatic rings. The van der Waals surface area contributed by atoms with Crippen molar-refractivity contribution in [1.29, 1.82) is 0 Å². The van der Waals surface area contributed by atoms with E-state index in [9.17, 15) is 0 Å². The van der Waals surface area contributed by atoms with E-state index < -0.39 is 0 Å². The van der Waals surface area contributed by atoms with E-state index >= 15 is 0 Å². The Labute approximate surface area is 97.6 Å². The number of halogens is 2. The van der Waals surface area contributed by atoms with Crippen LogP contribution in [0.2, 0.25) is 10.0 Å². The Morgan fingerprint density at radius 2 is 1.93 bits per heavy atom. The van der Waals surface area contributed by atoms with Crippen LogP contribution in [0.25, 0.3) is 0 Å². The predicted octanol–water partition coefficient (Wildman–Crippen LogP) is 2.85. The van der Waals surface area contributed by atoms with Crippen molar-refractivity contribution in [2.75, 3.05) is 0 Å². The maximum atomic E-state index is 6.05. The number of hydrogen-bond donors (Lipinski definition) is 1. The van der Waals surface area contributed by atoms with Crippen LogP contribution >= 0.6 is 23.2 Å². The molecule has 15 heavy (non-hydrogen) atoms. The first-order chi connectivity index (χ1) is 7.16. The minimum atomic E-state index is 0.553. The van der Waals surface area contributed by atoms with Crippen molar-refractivity contribution in [2.24, 2.45) is 15.9 Å². The number of nitrogens with zero attached hydrogens (tertiary/aromatic N) is 2. The smallest absolute Gasteiger partial charge is 0.122 e. The number of benzene rings is 1. The van der Waals surface area contributed by atoms with E-state index in [-0.39, 0.29) is 0 Å². The lowest BCUT2D eigenvalue weighted by Crippen LogP contribution is -2.17. The van der Waals surface area contributed by atoms with Crippen LogP contribution < -0.4 is 5.73 Å². The zero-order valence-corrected chi connectivity index (χ0v) is 9.39. The Kier molecular flexibility index (Phi) is 2.93. The number of rotatable bonds is 1. The maximum Gasteiger partial charge on any atom is 0.122 e. The second-order valence-corrected chi connectivity index (χ2v) is 4.11. The second kappa shape index (κ2) is 4.21. The van der Waals surface area contributed by atoms with Crippen LogP contribution in [0, 0.1) is 0 Å². The summed E-state index contributed by atoms with van der Waals surface area (Å²) in [5, 5.41) is 9.13. The molecule has 1 aliphatic rings. The standard InChI is InChI=1S/C10H9Cl2N3/c11-6-1-2-8(12)7(5-6)9-3-4-10(13)15-14-9/h1-2,5H,3-4H2,(H2,13,15). The Morgan fingerprint density at radius 3 is 2.60 bits per heavy atom. The molecule has 0 unspecified atom stereocenters. The number of amidine groups is 1. The summed E-state index contributed by atoms with van der Waals surface area (Å²) in [5.41, 5.74) is 7.19. The molecule has 0 spiro atoms. The molecule has 2 rings (SSSR count). The molecule has 2 N–H and O–H groups in total. The van der Waals surface area contributed by atoms with E-state index in [1.54, 1.807) is 18.2 Å². The summed E-state index contributed by atoms with van der Waals surface area (Å²) in [5.74, 6) is 0.553. The highest BCUT2D eigenvalue weighted by Gasteiger charge is 2.13. The zero-order valence-electron chi connectivity index (χ0n) is 7.87. The zero-order chi connectivity index (χ0) is 10.8. The molecule has 0 saturated carbocycles. The summed E-state index contributed by atoms with van der Waals surface area (Å²) >= 11 is 11.9. The lowest BCUT2D eigenvalue weighted by Gasteiger charge is -2.11. The maximum absolute atomic E-state index is 6.05. The third-order valence-corrected chi connectivity index (χ3v) is 2.72. The monoisotopic (exact) mass is 241 g/mol. The first kappa shape index (κ1) is 10.5. The van der Waals surface area contributed by atoms with Crippen LogP contribution in [0.5, 0.6) is 0 Å². The van der Waals surface area contributed by atoms with Crippen molar-refractivity contribution in [3.63, 3.8) is 0 Å². The summed E-state index contributed by atoms with van der Waals surface area (Å²) in [6, 6.07) is 5.29. The number of hydrogen-bond acceptors (Lipinski definition) is 3. The lowest BCUT2D eigenvalue weighted by molar-refractivity contribution is 1.02. The molecule has 78 valence electrons. The largest absolute Gasteiger partial charge is 0.386 e.